The molecule has 6 heteroatoms. The van der Waals surface area contributed by atoms with Crippen LogP contribution in [0, 0.1) is 0 Å². The second kappa shape index (κ2) is 12.6. The number of rotatable bonds is 5. The number of fused-ring (bicyclic) bond motifs is 9. The highest BCUT2D eigenvalue weighted by Crippen LogP contribution is 2.41. The number of furan rings is 2. The molecule has 0 aliphatic heterocycles. The highest BCUT2D eigenvalue weighted by molar-refractivity contribution is 7.25. The van der Waals surface area contributed by atoms with Crippen LogP contribution in [-0.2, 0) is 0 Å². The SMILES string of the molecule is c1ccc(-c2cccc(-c3nc(-c4ccc(-c5cccc6c5oc5cc7c(cc56)oc5ccccc57)cc4)nc(-c4ccc5c(c4)sc4ccccc45)n3)c2)cc1. The lowest BCUT2D eigenvalue weighted by atomic mass is 10.0. The Bertz CT molecular complexity index is 3530. The predicted molar refractivity (Wildman–Crippen MR) is 234 cm³/mol. The summed E-state index contributed by atoms with van der Waals surface area (Å²) >= 11 is 1.79. The number of nitrogens with zero attached hydrogens (tertiary/aromatic N) is 3. The molecular weight excluding hydrogens is 719 g/mol. The van der Waals surface area contributed by atoms with Gasteiger partial charge in [0.1, 0.15) is 22.3 Å². The smallest absolute Gasteiger partial charge is 0.164 e. The van der Waals surface area contributed by atoms with Gasteiger partial charge in [0.15, 0.2) is 17.5 Å². The van der Waals surface area contributed by atoms with Crippen LogP contribution in [0.2, 0.25) is 0 Å². The van der Waals surface area contributed by atoms with Gasteiger partial charge in [0.2, 0.25) is 0 Å². The highest BCUT2D eigenvalue weighted by Gasteiger charge is 2.18. The molecule has 4 aromatic heterocycles. The maximum atomic E-state index is 6.63. The van der Waals surface area contributed by atoms with E-state index in [0.29, 0.717) is 17.5 Å². The van der Waals surface area contributed by atoms with Gasteiger partial charge < -0.3 is 8.83 Å². The fourth-order valence-corrected chi connectivity index (χ4v) is 9.28. The largest absolute Gasteiger partial charge is 0.456 e. The Kier molecular flexibility index (Phi) is 7.03. The van der Waals surface area contributed by atoms with E-state index in [2.05, 4.69) is 152 Å². The number of hydrogen-bond donors (Lipinski definition) is 0. The maximum Gasteiger partial charge on any atom is 0.164 e. The molecule has 57 heavy (non-hydrogen) atoms. The van der Waals surface area contributed by atoms with Crippen molar-refractivity contribution < 1.29 is 8.83 Å². The molecule has 12 aromatic rings. The molecule has 5 nitrogen and oxygen atoms in total. The standard InChI is InChI=1S/C51H29N3O2S/c1-2-10-30(11-3-1)33-12-8-13-34(26-33)50-52-49(53-51(54-50)35-24-25-39-38-15-5-7-19-46(38)57-47(39)27-35)32-22-20-31(21-23-32)36-16-9-17-40-42-29-44-41(28-45(42)56-48(36)40)37-14-4-6-18-43(37)55-44/h1-29H. The van der Waals surface area contributed by atoms with Crippen LogP contribution in [0.4, 0.5) is 0 Å². The molecule has 0 aliphatic rings. The van der Waals surface area contributed by atoms with Gasteiger partial charge in [0.05, 0.1) is 0 Å². The summed E-state index contributed by atoms with van der Waals surface area (Å²) in [6.45, 7) is 0. The Morgan fingerprint density at radius 3 is 1.74 bits per heavy atom. The number of para-hydroxylation sites is 2. The van der Waals surface area contributed by atoms with Crippen molar-refractivity contribution in [2.45, 2.75) is 0 Å². The van der Waals surface area contributed by atoms with Gasteiger partial charge in [0, 0.05) is 64.0 Å². The van der Waals surface area contributed by atoms with Crippen LogP contribution in [0.5, 0.6) is 0 Å². The minimum atomic E-state index is 0.611. The number of thiophene rings is 1. The molecule has 0 saturated carbocycles. The molecule has 0 bridgehead atoms. The van der Waals surface area contributed by atoms with Crippen molar-refractivity contribution in [3.63, 3.8) is 0 Å². The van der Waals surface area contributed by atoms with E-state index in [1.54, 1.807) is 11.3 Å². The Morgan fingerprint density at radius 1 is 0.316 bits per heavy atom. The van der Waals surface area contributed by atoms with Gasteiger partial charge in [-0.05, 0) is 53.1 Å². The van der Waals surface area contributed by atoms with Crippen LogP contribution in [-0.4, -0.2) is 15.0 Å². The molecule has 0 unspecified atom stereocenters. The van der Waals surface area contributed by atoms with Gasteiger partial charge >= 0.3 is 0 Å². The van der Waals surface area contributed by atoms with Crippen molar-refractivity contribution in [2.75, 3.05) is 0 Å². The first kappa shape index (κ1) is 31.9. The summed E-state index contributed by atoms with van der Waals surface area (Å²) in [5.41, 5.74) is 10.5. The van der Waals surface area contributed by atoms with Gasteiger partial charge in [-0.15, -0.1) is 11.3 Å². The Hall–Kier alpha value is -7.41. The Morgan fingerprint density at radius 2 is 0.895 bits per heavy atom. The zero-order valence-corrected chi connectivity index (χ0v) is 31.1. The monoisotopic (exact) mass is 747 g/mol. The third kappa shape index (κ3) is 5.26. The summed E-state index contributed by atoms with van der Waals surface area (Å²) in [4.78, 5) is 15.3. The molecule has 0 radical (unpaired) electrons. The average Bonchev–Trinajstić information content (AvgIpc) is 3.96. The van der Waals surface area contributed by atoms with E-state index in [1.165, 1.54) is 20.2 Å². The van der Waals surface area contributed by atoms with Crippen LogP contribution in [0.1, 0.15) is 0 Å². The van der Waals surface area contributed by atoms with Gasteiger partial charge in [-0.3, -0.25) is 0 Å². The Balaban J connectivity index is 0.972. The van der Waals surface area contributed by atoms with Crippen LogP contribution in [0.25, 0.3) is 120 Å². The summed E-state index contributed by atoms with van der Waals surface area (Å²) < 4.78 is 15.3. The van der Waals surface area contributed by atoms with Crippen molar-refractivity contribution in [3.05, 3.63) is 176 Å². The first-order valence-corrected chi connectivity index (χ1v) is 19.7. The first-order chi connectivity index (χ1) is 28.2. The molecule has 0 saturated heterocycles. The molecule has 4 heterocycles. The lowest BCUT2D eigenvalue weighted by molar-refractivity contribution is 0.664. The van der Waals surface area contributed by atoms with Gasteiger partial charge in [0.25, 0.3) is 0 Å². The van der Waals surface area contributed by atoms with Gasteiger partial charge in [-0.1, -0.05) is 140 Å². The van der Waals surface area contributed by atoms with Crippen LogP contribution in [0.15, 0.2) is 185 Å². The van der Waals surface area contributed by atoms with E-state index in [4.69, 9.17) is 23.8 Å². The quantitative estimate of drug-likeness (QED) is 0.175. The van der Waals surface area contributed by atoms with E-state index in [1.807, 2.05) is 24.3 Å². The minimum absolute atomic E-state index is 0.611. The molecular formula is C51H29N3O2S. The van der Waals surface area contributed by atoms with Crippen LogP contribution in [0.3, 0.4) is 0 Å². The topological polar surface area (TPSA) is 65.0 Å². The minimum Gasteiger partial charge on any atom is -0.456 e. The van der Waals surface area contributed by atoms with E-state index < -0.39 is 0 Å². The van der Waals surface area contributed by atoms with Crippen LogP contribution >= 0.6 is 11.3 Å². The van der Waals surface area contributed by atoms with Gasteiger partial charge in [-0.25, -0.2) is 15.0 Å². The molecule has 0 spiro atoms. The maximum absolute atomic E-state index is 6.63. The van der Waals surface area contributed by atoms with Crippen molar-refractivity contribution in [1.29, 1.82) is 0 Å². The fourth-order valence-electron chi connectivity index (χ4n) is 8.14. The molecule has 12 rings (SSSR count). The van der Waals surface area contributed by atoms with E-state index >= 15 is 0 Å². The summed E-state index contributed by atoms with van der Waals surface area (Å²) in [5.74, 6) is 1.87. The second-order valence-electron chi connectivity index (χ2n) is 14.4. The molecule has 8 aromatic carbocycles. The third-order valence-electron chi connectivity index (χ3n) is 11.0. The predicted octanol–water partition coefficient (Wildman–Crippen LogP) is 14.4. The van der Waals surface area contributed by atoms with E-state index in [9.17, 15) is 0 Å². The molecule has 0 N–H and O–H groups in total. The van der Waals surface area contributed by atoms with Crippen LogP contribution < -0.4 is 0 Å². The molecule has 0 atom stereocenters. The summed E-state index contributed by atoms with van der Waals surface area (Å²) in [5, 5.41) is 6.72. The fraction of sp³-hybridized carbons (Fsp3) is 0. The third-order valence-corrected chi connectivity index (χ3v) is 12.1. The van der Waals surface area contributed by atoms with Crippen molar-refractivity contribution in [1.82, 2.24) is 15.0 Å². The lowest BCUT2D eigenvalue weighted by Gasteiger charge is -2.10. The molecule has 266 valence electrons. The van der Waals surface area contributed by atoms with E-state index in [0.717, 1.165) is 82.8 Å². The average molecular weight is 748 g/mol. The molecule has 0 fully saturated rings. The number of aromatic nitrogens is 3. The van der Waals surface area contributed by atoms with Crippen molar-refractivity contribution in [3.8, 4) is 56.4 Å². The molecule has 0 amide bonds. The summed E-state index contributed by atoms with van der Waals surface area (Å²) in [6.07, 6.45) is 0. The zero-order chi connectivity index (χ0) is 37.5. The molecule has 0 aliphatic carbocycles. The Labute approximate surface area is 330 Å². The van der Waals surface area contributed by atoms with E-state index in [-0.39, 0.29) is 0 Å². The highest BCUT2D eigenvalue weighted by atomic mass is 32.1. The lowest BCUT2D eigenvalue weighted by Crippen LogP contribution is -2.00. The van der Waals surface area contributed by atoms with Gasteiger partial charge in [-0.2, -0.15) is 0 Å². The number of benzene rings is 8. The number of hydrogen-bond acceptors (Lipinski definition) is 6. The normalized spacial score (nSPS) is 11.9. The first-order valence-electron chi connectivity index (χ1n) is 18.9. The zero-order valence-electron chi connectivity index (χ0n) is 30.3. The second-order valence-corrected chi connectivity index (χ2v) is 15.5. The van der Waals surface area contributed by atoms with Crippen molar-refractivity contribution in [2.24, 2.45) is 0 Å². The summed E-state index contributed by atoms with van der Waals surface area (Å²) in [6, 6.07) is 61.0. The van der Waals surface area contributed by atoms with Crippen molar-refractivity contribution >= 4 is 75.4 Å². The summed E-state index contributed by atoms with van der Waals surface area (Å²) in [7, 11) is 0.